The van der Waals surface area contributed by atoms with Crippen molar-refractivity contribution in [1.82, 2.24) is 4.90 Å². The third-order valence-corrected chi connectivity index (χ3v) is 5.78. The number of nitrogens with two attached hydrogens (primary N) is 1. The van der Waals surface area contributed by atoms with Crippen molar-refractivity contribution in [2.75, 3.05) is 14.1 Å². The average molecular weight is 357 g/mol. The van der Waals surface area contributed by atoms with Gasteiger partial charge in [0.05, 0.1) is 0 Å². The summed E-state index contributed by atoms with van der Waals surface area (Å²) in [4.78, 5) is 2.31. The molecule has 118 valence electrons. The van der Waals surface area contributed by atoms with E-state index < -0.39 is 0 Å². The summed E-state index contributed by atoms with van der Waals surface area (Å²) in [6.45, 7) is 2.32. The Kier molecular flexibility index (Phi) is 5.44. The summed E-state index contributed by atoms with van der Waals surface area (Å²) < 4.78 is 14.0. The van der Waals surface area contributed by atoms with Crippen LogP contribution in [0.5, 0.6) is 0 Å². The number of nitrogens with zero attached hydrogens (tertiary/aromatic N) is 1. The van der Waals surface area contributed by atoms with Crippen LogP contribution in [0.25, 0.3) is 0 Å². The van der Waals surface area contributed by atoms with Gasteiger partial charge in [-0.3, -0.25) is 0 Å². The van der Waals surface area contributed by atoms with E-state index >= 15 is 0 Å². The second kappa shape index (κ2) is 6.76. The van der Waals surface area contributed by atoms with E-state index in [1.807, 2.05) is 6.07 Å². The minimum atomic E-state index is -0.215. The van der Waals surface area contributed by atoms with Gasteiger partial charge in [0.15, 0.2) is 0 Å². The van der Waals surface area contributed by atoms with Crippen LogP contribution in [-0.4, -0.2) is 30.6 Å². The van der Waals surface area contributed by atoms with Crippen LogP contribution in [0.1, 0.15) is 38.2 Å². The van der Waals surface area contributed by atoms with Gasteiger partial charge in [-0.15, -0.1) is 0 Å². The summed E-state index contributed by atoms with van der Waals surface area (Å²) in [5.41, 5.74) is 7.76. The summed E-state index contributed by atoms with van der Waals surface area (Å²) in [6.07, 6.45) is 5.58. The fourth-order valence-electron chi connectivity index (χ4n) is 3.75. The van der Waals surface area contributed by atoms with Crippen LogP contribution in [0.15, 0.2) is 22.7 Å². The number of benzene rings is 1. The van der Waals surface area contributed by atoms with E-state index in [-0.39, 0.29) is 17.4 Å². The maximum Gasteiger partial charge on any atom is 0.124 e. The van der Waals surface area contributed by atoms with Crippen LogP contribution < -0.4 is 5.73 Å². The highest BCUT2D eigenvalue weighted by atomic mass is 79.9. The Labute approximate surface area is 136 Å². The highest BCUT2D eigenvalue weighted by Crippen LogP contribution is 2.38. The molecule has 21 heavy (non-hydrogen) atoms. The fourth-order valence-corrected chi connectivity index (χ4v) is 4.27. The zero-order valence-electron chi connectivity index (χ0n) is 13.2. The predicted molar refractivity (Wildman–Crippen MR) is 89.8 cm³/mol. The predicted octanol–water partition coefficient (Wildman–Crippen LogP) is 3.97. The van der Waals surface area contributed by atoms with Gasteiger partial charge in [-0.2, -0.15) is 0 Å². The molecule has 0 aromatic heterocycles. The lowest BCUT2D eigenvalue weighted by molar-refractivity contribution is 0.0503. The van der Waals surface area contributed by atoms with Gasteiger partial charge in [0.1, 0.15) is 5.82 Å². The smallest absolute Gasteiger partial charge is 0.124 e. The molecular weight excluding hydrogens is 331 g/mol. The Hall–Kier alpha value is -0.450. The fraction of sp³-hybridized carbons (Fsp3) is 0.647. The third kappa shape index (κ3) is 3.66. The third-order valence-electron chi connectivity index (χ3n) is 5.04. The topological polar surface area (TPSA) is 29.3 Å². The summed E-state index contributed by atoms with van der Waals surface area (Å²) in [5, 5.41) is 0. The number of hydrogen-bond acceptors (Lipinski definition) is 2. The van der Waals surface area contributed by atoms with E-state index in [1.165, 1.54) is 25.0 Å². The highest BCUT2D eigenvalue weighted by molar-refractivity contribution is 9.10. The number of likely N-dealkylation sites (N-methyl/N-ethyl adjacent to an activating group) is 1. The normalized spacial score (nSPS) is 27.9. The van der Waals surface area contributed by atoms with Gasteiger partial charge in [0.2, 0.25) is 0 Å². The summed E-state index contributed by atoms with van der Waals surface area (Å²) in [6, 6.07) is 4.93. The standard InChI is InChI=1S/C17H26BrFN2/c1-12-5-4-8-17(11-12,21(2)3)16(20)9-13-6-7-14(19)10-15(13)18/h6-7,10,12,16H,4-5,8-9,11,20H2,1-3H3. The van der Waals surface area contributed by atoms with Crippen molar-refractivity contribution < 1.29 is 4.39 Å². The molecule has 2 rings (SSSR count). The first-order chi connectivity index (χ1) is 9.85. The molecule has 0 spiro atoms. The second-order valence-corrected chi connectivity index (χ2v) is 7.60. The number of halogens is 2. The first-order valence-corrected chi connectivity index (χ1v) is 8.51. The van der Waals surface area contributed by atoms with Gasteiger partial charge in [-0.25, -0.2) is 4.39 Å². The molecular formula is C17H26BrFN2. The molecule has 0 aliphatic heterocycles. The van der Waals surface area contributed by atoms with E-state index in [0.29, 0.717) is 5.92 Å². The lowest BCUT2D eigenvalue weighted by Crippen LogP contribution is -2.60. The monoisotopic (exact) mass is 356 g/mol. The van der Waals surface area contributed by atoms with Crippen molar-refractivity contribution in [2.24, 2.45) is 11.7 Å². The molecule has 3 unspecified atom stereocenters. The van der Waals surface area contributed by atoms with E-state index in [9.17, 15) is 4.39 Å². The van der Waals surface area contributed by atoms with Crippen LogP contribution in [0.4, 0.5) is 4.39 Å². The average Bonchev–Trinajstić information content (AvgIpc) is 2.41. The van der Waals surface area contributed by atoms with Crippen LogP contribution in [0, 0.1) is 11.7 Å². The van der Waals surface area contributed by atoms with E-state index in [1.54, 1.807) is 0 Å². The van der Waals surface area contributed by atoms with Crippen LogP contribution in [0.3, 0.4) is 0 Å². The van der Waals surface area contributed by atoms with Gasteiger partial charge in [-0.05, 0) is 57.0 Å². The molecule has 0 amide bonds. The largest absolute Gasteiger partial charge is 0.326 e. The van der Waals surface area contributed by atoms with Crippen molar-refractivity contribution in [1.29, 1.82) is 0 Å². The summed E-state index contributed by atoms with van der Waals surface area (Å²) in [5.74, 6) is 0.497. The molecule has 1 aromatic carbocycles. The Morgan fingerprint density at radius 1 is 1.48 bits per heavy atom. The molecule has 1 fully saturated rings. The molecule has 2 nitrogen and oxygen atoms in total. The minimum absolute atomic E-state index is 0.0471. The van der Waals surface area contributed by atoms with Gasteiger partial charge >= 0.3 is 0 Å². The van der Waals surface area contributed by atoms with Crippen molar-refractivity contribution >= 4 is 15.9 Å². The lowest BCUT2D eigenvalue weighted by Gasteiger charge is -2.49. The van der Waals surface area contributed by atoms with Crippen molar-refractivity contribution in [3.8, 4) is 0 Å². The van der Waals surface area contributed by atoms with Crippen LogP contribution >= 0.6 is 15.9 Å². The number of rotatable bonds is 4. The van der Waals surface area contributed by atoms with Crippen molar-refractivity contribution in [3.63, 3.8) is 0 Å². The zero-order chi connectivity index (χ0) is 15.6. The van der Waals surface area contributed by atoms with Crippen LogP contribution in [-0.2, 0) is 6.42 Å². The molecule has 1 aliphatic carbocycles. The molecule has 1 aliphatic rings. The van der Waals surface area contributed by atoms with Crippen molar-refractivity contribution in [3.05, 3.63) is 34.1 Å². The molecule has 0 saturated heterocycles. The van der Waals surface area contributed by atoms with E-state index in [2.05, 4.69) is 41.8 Å². The molecule has 1 saturated carbocycles. The summed E-state index contributed by atoms with van der Waals surface area (Å²) in [7, 11) is 4.27. The molecule has 1 aromatic rings. The Morgan fingerprint density at radius 2 is 2.19 bits per heavy atom. The molecule has 0 bridgehead atoms. The van der Waals surface area contributed by atoms with E-state index in [4.69, 9.17) is 5.73 Å². The van der Waals surface area contributed by atoms with Gasteiger partial charge in [-0.1, -0.05) is 41.8 Å². The zero-order valence-corrected chi connectivity index (χ0v) is 14.8. The van der Waals surface area contributed by atoms with E-state index in [0.717, 1.165) is 29.3 Å². The number of hydrogen-bond donors (Lipinski definition) is 1. The Bertz CT molecular complexity index is 492. The lowest BCUT2D eigenvalue weighted by atomic mass is 9.70. The summed E-state index contributed by atoms with van der Waals surface area (Å²) >= 11 is 3.46. The molecule has 2 N–H and O–H groups in total. The first-order valence-electron chi connectivity index (χ1n) is 7.72. The quantitative estimate of drug-likeness (QED) is 0.884. The second-order valence-electron chi connectivity index (χ2n) is 6.75. The minimum Gasteiger partial charge on any atom is -0.326 e. The van der Waals surface area contributed by atoms with Crippen LogP contribution in [0.2, 0.25) is 0 Å². The molecule has 0 radical (unpaired) electrons. The van der Waals surface area contributed by atoms with Gasteiger partial charge in [0.25, 0.3) is 0 Å². The maximum atomic E-state index is 13.2. The Morgan fingerprint density at radius 3 is 2.76 bits per heavy atom. The first kappa shape index (κ1) is 16.9. The SMILES string of the molecule is CC1CCCC(C(N)Cc2ccc(F)cc2Br)(N(C)C)C1. The highest BCUT2D eigenvalue weighted by Gasteiger charge is 2.42. The maximum absolute atomic E-state index is 13.2. The van der Waals surface area contributed by atoms with Gasteiger partial charge < -0.3 is 10.6 Å². The van der Waals surface area contributed by atoms with Gasteiger partial charge in [0, 0.05) is 16.1 Å². The molecule has 4 heteroatoms. The molecule has 0 heterocycles. The Balaban J connectivity index is 2.21. The molecule has 3 atom stereocenters. The van der Waals surface area contributed by atoms with Crippen molar-refractivity contribution in [2.45, 2.75) is 50.6 Å².